The van der Waals surface area contributed by atoms with Crippen LogP contribution < -0.4 is 10.1 Å². The lowest BCUT2D eigenvalue weighted by Crippen LogP contribution is -2.33. The van der Waals surface area contributed by atoms with Gasteiger partial charge in [0.25, 0.3) is 0 Å². The summed E-state index contributed by atoms with van der Waals surface area (Å²) in [6, 6.07) is 8.75. The van der Waals surface area contributed by atoms with Gasteiger partial charge in [0.1, 0.15) is 5.82 Å². The number of halogens is 2. The molecular formula is C23H29F2N5O4. The van der Waals surface area contributed by atoms with E-state index in [1.165, 1.54) is 17.8 Å². The number of pyridine rings is 2. The van der Waals surface area contributed by atoms with E-state index in [0.717, 1.165) is 43.7 Å². The molecule has 0 saturated carbocycles. The number of amides is 2. The molecule has 2 aliphatic heterocycles. The Morgan fingerprint density at radius 2 is 1.97 bits per heavy atom. The molecule has 2 aromatic heterocycles. The molecule has 0 spiro atoms. The maximum atomic E-state index is 12.2. The van der Waals surface area contributed by atoms with Gasteiger partial charge in [0.15, 0.2) is 0 Å². The number of aliphatic carboxylic acids is 1. The van der Waals surface area contributed by atoms with Crippen molar-refractivity contribution in [1.82, 2.24) is 19.8 Å². The largest absolute Gasteiger partial charge is 0.481 e. The number of carboxylic acids is 1. The molecule has 0 aromatic carbocycles. The van der Waals surface area contributed by atoms with E-state index in [9.17, 15) is 18.4 Å². The smallest absolute Gasteiger partial charge is 0.388 e. The van der Waals surface area contributed by atoms with Crippen LogP contribution in [0.4, 0.5) is 19.4 Å². The second-order valence-corrected chi connectivity index (χ2v) is 7.89. The first-order valence-electron chi connectivity index (χ1n) is 11.3. The van der Waals surface area contributed by atoms with Gasteiger partial charge in [-0.1, -0.05) is 12.1 Å². The molecule has 1 fully saturated rings. The summed E-state index contributed by atoms with van der Waals surface area (Å²) in [6.45, 7) is 0.467. The monoisotopic (exact) mass is 477 g/mol. The summed E-state index contributed by atoms with van der Waals surface area (Å²) >= 11 is 0. The molecule has 9 nitrogen and oxygen atoms in total. The molecule has 1 saturated heterocycles. The van der Waals surface area contributed by atoms with E-state index in [1.807, 2.05) is 0 Å². The first-order chi connectivity index (χ1) is 16.4. The van der Waals surface area contributed by atoms with Crippen LogP contribution in [0.25, 0.3) is 0 Å². The lowest BCUT2D eigenvalue weighted by Gasteiger charge is -2.19. The fourth-order valence-electron chi connectivity index (χ4n) is 3.75. The van der Waals surface area contributed by atoms with E-state index in [1.54, 1.807) is 21.9 Å². The van der Waals surface area contributed by atoms with Gasteiger partial charge in [-0.3, -0.25) is 4.79 Å². The van der Waals surface area contributed by atoms with Gasteiger partial charge in [0, 0.05) is 50.7 Å². The Morgan fingerprint density at radius 1 is 1.18 bits per heavy atom. The molecule has 0 bridgehead atoms. The van der Waals surface area contributed by atoms with Crippen LogP contribution in [0.3, 0.4) is 0 Å². The number of hydrogen-bond acceptors (Lipinski definition) is 6. The van der Waals surface area contributed by atoms with Crippen LogP contribution in [0.5, 0.6) is 5.88 Å². The average molecular weight is 478 g/mol. The second kappa shape index (κ2) is 12.7. The zero-order chi connectivity index (χ0) is 24.3. The number of carboxylic acid groups (broad SMARTS) is 1. The van der Waals surface area contributed by atoms with Gasteiger partial charge in [0.05, 0.1) is 6.42 Å². The van der Waals surface area contributed by atoms with Crippen LogP contribution in [0.1, 0.15) is 30.5 Å². The number of anilines is 1. The minimum atomic E-state index is -2.80. The standard InChI is InChI=1S/C17H24N4O3.C6H5F2NO/c22-15(23)7-10-21-12-11-20(17(21)24)9-2-4-14-6-5-13-3-1-8-18-16(13)19-14;7-6(8)10-5-3-1-2-4-9-5/h5-6H,1-4,7-12H2,(H,18,19)(H,22,23);1-4,6H. The Labute approximate surface area is 196 Å². The summed E-state index contributed by atoms with van der Waals surface area (Å²) in [4.78, 5) is 34.4. The number of nitrogens with one attached hydrogen (secondary N) is 1. The molecule has 4 rings (SSSR count). The molecule has 2 aromatic rings. The maximum absolute atomic E-state index is 12.2. The number of alkyl halides is 2. The third-order valence-corrected chi connectivity index (χ3v) is 5.44. The van der Waals surface area contributed by atoms with Crippen molar-refractivity contribution < 1.29 is 28.2 Å². The third-order valence-electron chi connectivity index (χ3n) is 5.44. The molecule has 2 N–H and O–H groups in total. The first-order valence-corrected chi connectivity index (χ1v) is 11.3. The van der Waals surface area contributed by atoms with E-state index in [0.29, 0.717) is 26.2 Å². The molecule has 34 heavy (non-hydrogen) atoms. The van der Waals surface area contributed by atoms with Gasteiger partial charge in [-0.25, -0.2) is 14.8 Å². The maximum Gasteiger partial charge on any atom is 0.388 e. The fourth-order valence-corrected chi connectivity index (χ4v) is 3.75. The highest BCUT2D eigenvalue weighted by Gasteiger charge is 2.27. The van der Waals surface area contributed by atoms with E-state index in [-0.39, 0.29) is 18.3 Å². The van der Waals surface area contributed by atoms with E-state index in [4.69, 9.17) is 5.11 Å². The van der Waals surface area contributed by atoms with Crippen molar-refractivity contribution in [3.8, 4) is 5.88 Å². The molecule has 4 heterocycles. The highest BCUT2D eigenvalue weighted by atomic mass is 19.3. The number of hydrogen-bond donors (Lipinski definition) is 2. The number of urea groups is 1. The van der Waals surface area contributed by atoms with Gasteiger partial charge < -0.3 is 25.0 Å². The summed E-state index contributed by atoms with van der Waals surface area (Å²) < 4.78 is 26.9. The van der Waals surface area contributed by atoms with Crippen molar-refractivity contribution in [3.63, 3.8) is 0 Å². The molecule has 2 amide bonds. The van der Waals surface area contributed by atoms with Crippen molar-refractivity contribution in [2.24, 2.45) is 0 Å². The number of fused-ring (bicyclic) bond motifs is 1. The number of aryl methyl sites for hydroxylation is 2. The van der Waals surface area contributed by atoms with Crippen LogP contribution in [0.15, 0.2) is 36.5 Å². The number of ether oxygens (including phenoxy) is 1. The predicted molar refractivity (Wildman–Crippen MR) is 121 cm³/mol. The van der Waals surface area contributed by atoms with Crippen molar-refractivity contribution in [1.29, 1.82) is 0 Å². The van der Waals surface area contributed by atoms with E-state index >= 15 is 0 Å². The molecule has 2 aliphatic rings. The van der Waals surface area contributed by atoms with Gasteiger partial charge in [-0.05, 0) is 43.4 Å². The zero-order valence-electron chi connectivity index (χ0n) is 18.8. The van der Waals surface area contributed by atoms with Crippen LogP contribution in [0, 0.1) is 0 Å². The number of aromatic nitrogens is 2. The van der Waals surface area contributed by atoms with Crippen LogP contribution in [-0.4, -0.2) is 76.2 Å². The predicted octanol–water partition coefficient (Wildman–Crippen LogP) is 3.27. The second-order valence-electron chi connectivity index (χ2n) is 7.89. The highest BCUT2D eigenvalue weighted by molar-refractivity contribution is 5.77. The number of rotatable bonds is 9. The highest BCUT2D eigenvalue weighted by Crippen LogP contribution is 2.20. The SMILES string of the molecule is FC(F)Oc1ccccn1.O=C(O)CCN1CCN(CCCc2ccc3c(n2)NCCC3)C1=O. The van der Waals surface area contributed by atoms with Crippen molar-refractivity contribution >= 4 is 17.8 Å². The molecule has 0 aliphatic carbocycles. The number of nitrogens with zero attached hydrogens (tertiary/aromatic N) is 4. The Morgan fingerprint density at radius 3 is 2.68 bits per heavy atom. The van der Waals surface area contributed by atoms with Crippen LogP contribution in [0.2, 0.25) is 0 Å². The minimum absolute atomic E-state index is 0.00558. The fraction of sp³-hybridized carbons (Fsp3) is 0.478. The third kappa shape index (κ3) is 7.82. The quantitative estimate of drug-likeness (QED) is 0.571. The molecule has 0 unspecified atom stereocenters. The Hall–Kier alpha value is -3.50. The van der Waals surface area contributed by atoms with Gasteiger partial charge in [0.2, 0.25) is 5.88 Å². The topological polar surface area (TPSA) is 108 Å². The van der Waals surface area contributed by atoms with Gasteiger partial charge >= 0.3 is 18.6 Å². The summed E-state index contributed by atoms with van der Waals surface area (Å²) in [5.74, 6) is 0.0849. The minimum Gasteiger partial charge on any atom is -0.481 e. The zero-order valence-corrected chi connectivity index (χ0v) is 18.8. The molecule has 11 heteroatoms. The summed E-state index contributed by atoms with van der Waals surface area (Å²) in [6.07, 6.45) is 5.34. The normalized spacial score (nSPS) is 14.9. The Bertz CT molecular complexity index is 948. The Kier molecular flexibility index (Phi) is 9.36. The average Bonchev–Trinajstić information content (AvgIpc) is 3.17. The van der Waals surface area contributed by atoms with Gasteiger partial charge in [-0.15, -0.1) is 0 Å². The van der Waals surface area contributed by atoms with Crippen molar-refractivity contribution in [2.45, 2.75) is 38.7 Å². The van der Waals surface area contributed by atoms with Crippen molar-refractivity contribution in [2.75, 3.05) is 38.0 Å². The molecule has 0 atom stereocenters. The molecular weight excluding hydrogens is 448 g/mol. The van der Waals surface area contributed by atoms with Crippen LogP contribution in [-0.2, 0) is 17.6 Å². The Balaban J connectivity index is 0.000000271. The first kappa shape index (κ1) is 25.1. The molecule has 0 radical (unpaired) electrons. The van der Waals surface area contributed by atoms with E-state index in [2.05, 4.69) is 32.2 Å². The molecule has 184 valence electrons. The lowest BCUT2D eigenvalue weighted by atomic mass is 10.1. The number of carbonyl (C=O) groups excluding carboxylic acids is 1. The summed E-state index contributed by atoms with van der Waals surface area (Å²) in [7, 11) is 0. The van der Waals surface area contributed by atoms with Gasteiger partial charge in [-0.2, -0.15) is 8.78 Å². The summed E-state index contributed by atoms with van der Waals surface area (Å²) in [5.41, 5.74) is 2.34. The lowest BCUT2D eigenvalue weighted by molar-refractivity contribution is -0.137. The van der Waals surface area contributed by atoms with Crippen molar-refractivity contribution in [3.05, 3.63) is 47.8 Å². The van der Waals surface area contributed by atoms with E-state index < -0.39 is 12.6 Å². The summed E-state index contributed by atoms with van der Waals surface area (Å²) in [5, 5.41) is 12.1. The van der Waals surface area contributed by atoms with Crippen LogP contribution >= 0.6 is 0 Å². The number of carbonyl (C=O) groups is 2.